The molecule has 0 N–H and O–H groups in total. The summed E-state index contributed by atoms with van der Waals surface area (Å²) >= 11 is 0. The molecule has 0 amide bonds. The normalized spacial score (nSPS) is 25.3. The van der Waals surface area contributed by atoms with Crippen LogP contribution >= 0.6 is 9.24 Å². The number of carbonyl (C=O) groups is 1. The fraction of sp³-hybridized carbons (Fsp3) is 0.923. The van der Waals surface area contributed by atoms with Gasteiger partial charge >= 0.3 is 0 Å². The van der Waals surface area contributed by atoms with Gasteiger partial charge in [-0.2, -0.15) is 0 Å². The molecule has 2 heteroatoms. The molecule has 1 aliphatic carbocycles. The average Bonchev–Trinajstić information content (AvgIpc) is 2.30. The van der Waals surface area contributed by atoms with Crippen LogP contribution in [0.3, 0.4) is 0 Å². The Bertz CT molecular complexity index is 160. The molecule has 1 rings (SSSR count). The van der Waals surface area contributed by atoms with Gasteiger partial charge in [-0.25, -0.2) is 0 Å². The topological polar surface area (TPSA) is 17.1 Å². The van der Waals surface area contributed by atoms with Crippen LogP contribution in [-0.4, -0.2) is 11.9 Å². The highest BCUT2D eigenvalue weighted by atomic mass is 31.0. The summed E-state index contributed by atoms with van der Waals surface area (Å²) in [5.74, 6) is 2.14. The number of Topliss-reactive ketones (excluding diaryl/α,β-unsaturated/α-hetero) is 1. The lowest BCUT2D eigenvalue weighted by atomic mass is 9.80. The first kappa shape index (κ1) is 15.1. The Morgan fingerprint density at radius 3 is 2.00 bits per heavy atom. The Balaban J connectivity index is 0.000000921. The van der Waals surface area contributed by atoms with Crippen LogP contribution in [-0.2, 0) is 4.79 Å². The summed E-state index contributed by atoms with van der Waals surface area (Å²) in [5.41, 5.74) is 0. The van der Waals surface area contributed by atoms with E-state index in [-0.39, 0.29) is 0 Å². The van der Waals surface area contributed by atoms with Crippen molar-refractivity contribution in [1.29, 1.82) is 0 Å². The summed E-state index contributed by atoms with van der Waals surface area (Å²) < 4.78 is 0. The van der Waals surface area contributed by atoms with Gasteiger partial charge in [0.2, 0.25) is 0 Å². The Labute approximate surface area is 97.6 Å². The summed E-state index contributed by atoms with van der Waals surface area (Å²) in [6.07, 6.45) is 8.67. The fourth-order valence-corrected chi connectivity index (χ4v) is 2.63. The van der Waals surface area contributed by atoms with Crippen molar-refractivity contribution in [3.8, 4) is 0 Å². The van der Waals surface area contributed by atoms with E-state index >= 15 is 0 Å². The van der Waals surface area contributed by atoms with Gasteiger partial charge in [0.25, 0.3) is 0 Å². The molecule has 0 aromatic carbocycles. The van der Waals surface area contributed by atoms with Crippen LogP contribution in [0.4, 0.5) is 0 Å². The van der Waals surface area contributed by atoms with Crippen molar-refractivity contribution in [3.63, 3.8) is 0 Å². The van der Waals surface area contributed by atoms with Crippen molar-refractivity contribution in [2.75, 3.05) is 6.16 Å². The van der Waals surface area contributed by atoms with Crippen molar-refractivity contribution in [2.45, 2.75) is 59.3 Å². The van der Waals surface area contributed by atoms with Crippen molar-refractivity contribution >= 4 is 15.0 Å². The summed E-state index contributed by atoms with van der Waals surface area (Å²) in [7, 11) is 2.85. The lowest BCUT2D eigenvalue weighted by Gasteiger charge is -2.27. The van der Waals surface area contributed by atoms with Crippen molar-refractivity contribution in [3.05, 3.63) is 0 Å². The minimum atomic E-state index is 0.355. The zero-order chi connectivity index (χ0) is 11.7. The molecule has 0 aliphatic heterocycles. The van der Waals surface area contributed by atoms with Crippen LogP contribution in [0.5, 0.6) is 0 Å². The molecule has 0 saturated heterocycles. The van der Waals surface area contributed by atoms with Gasteiger partial charge in [0.05, 0.1) is 0 Å². The van der Waals surface area contributed by atoms with E-state index in [0.717, 1.165) is 24.7 Å². The van der Waals surface area contributed by atoms with E-state index in [1.807, 2.05) is 13.8 Å². The Kier molecular flexibility index (Phi) is 9.40. The Morgan fingerprint density at radius 1 is 1.13 bits per heavy atom. The number of carbonyl (C=O) groups excluding carboxylic acids is 1. The number of ketones is 1. The highest BCUT2D eigenvalue weighted by Crippen LogP contribution is 2.32. The van der Waals surface area contributed by atoms with E-state index < -0.39 is 0 Å². The standard InChI is InChI=1S/C11H21OP.C2H6/c1-9(12)2-3-10-4-6-11(8-13)7-5-10;1-2/h10-11H,2-8,13H2,1H3;1-2H3. The third-order valence-electron chi connectivity index (χ3n) is 3.20. The van der Waals surface area contributed by atoms with Gasteiger partial charge in [0.15, 0.2) is 0 Å². The van der Waals surface area contributed by atoms with Gasteiger partial charge in [0.1, 0.15) is 5.78 Å². The molecule has 0 heterocycles. The number of rotatable bonds is 4. The molecule has 1 nitrogen and oxygen atoms in total. The van der Waals surface area contributed by atoms with Gasteiger partial charge in [-0.05, 0) is 44.2 Å². The van der Waals surface area contributed by atoms with Crippen molar-refractivity contribution in [2.24, 2.45) is 11.8 Å². The first-order valence-corrected chi connectivity index (χ1v) is 7.23. The molecular weight excluding hydrogens is 203 g/mol. The predicted molar refractivity (Wildman–Crippen MR) is 71.3 cm³/mol. The second-order valence-electron chi connectivity index (χ2n) is 4.36. The first-order valence-electron chi connectivity index (χ1n) is 6.42. The van der Waals surface area contributed by atoms with E-state index in [0.29, 0.717) is 5.78 Å². The molecule has 1 unspecified atom stereocenters. The average molecular weight is 230 g/mol. The van der Waals surface area contributed by atoms with Crippen LogP contribution < -0.4 is 0 Å². The van der Waals surface area contributed by atoms with E-state index in [2.05, 4.69) is 9.24 Å². The van der Waals surface area contributed by atoms with E-state index in [9.17, 15) is 4.79 Å². The molecule has 1 fully saturated rings. The van der Waals surface area contributed by atoms with Crippen LogP contribution in [0.1, 0.15) is 59.3 Å². The minimum Gasteiger partial charge on any atom is -0.300 e. The van der Waals surface area contributed by atoms with Crippen molar-refractivity contribution in [1.82, 2.24) is 0 Å². The van der Waals surface area contributed by atoms with Gasteiger partial charge < -0.3 is 4.79 Å². The van der Waals surface area contributed by atoms with E-state index in [1.54, 1.807) is 6.92 Å². The second kappa shape index (κ2) is 9.33. The Hall–Kier alpha value is 0.100. The van der Waals surface area contributed by atoms with Crippen LogP contribution in [0.2, 0.25) is 0 Å². The van der Waals surface area contributed by atoms with Gasteiger partial charge in [-0.15, -0.1) is 9.24 Å². The molecule has 90 valence electrons. The highest BCUT2D eigenvalue weighted by molar-refractivity contribution is 7.16. The lowest BCUT2D eigenvalue weighted by molar-refractivity contribution is -0.117. The number of hydrogen-bond donors (Lipinski definition) is 0. The zero-order valence-corrected chi connectivity index (χ0v) is 11.7. The van der Waals surface area contributed by atoms with Crippen LogP contribution in [0.15, 0.2) is 0 Å². The fourth-order valence-electron chi connectivity index (χ4n) is 2.16. The molecule has 0 aromatic rings. The molecule has 1 saturated carbocycles. The zero-order valence-electron chi connectivity index (χ0n) is 10.6. The molecular formula is C13H27OP. The molecule has 0 spiro atoms. The quantitative estimate of drug-likeness (QED) is 0.665. The molecule has 0 aromatic heterocycles. The molecule has 1 aliphatic rings. The highest BCUT2D eigenvalue weighted by Gasteiger charge is 2.19. The molecule has 0 bridgehead atoms. The van der Waals surface area contributed by atoms with Crippen LogP contribution in [0, 0.1) is 11.8 Å². The maximum absolute atomic E-state index is 10.8. The van der Waals surface area contributed by atoms with Crippen molar-refractivity contribution < 1.29 is 4.79 Å². The lowest BCUT2D eigenvalue weighted by Crippen LogP contribution is -2.15. The smallest absolute Gasteiger partial charge is 0.129 e. The second-order valence-corrected chi connectivity index (χ2v) is 4.83. The maximum atomic E-state index is 10.8. The minimum absolute atomic E-state index is 0.355. The summed E-state index contributed by atoms with van der Waals surface area (Å²) in [4.78, 5) is 10.8. The third-order valence-corrected chi connectivity index (χ3v) is 3.87. The molecule has 1 atom stereocenters. The largest absolute Gasteiger partial charge is 0.300 e. The SMILES string of the molecule is CC.CC(=O)CCC1CCC(CP)CC1. The van der Waals surface area contributed by atoms with Gasteiger partial charge in [-0.1, -0.05) is 26.7 Å². The molecule has 15 heavy (non-hydrogen) atoms. The summed E-state index contributed by atoms with van der Waals surface area (Å²) in [5, 5.41) is 0. The number of hydrogen-bond acceptors (Lipinski definition) is 1. The van der Waals surface area contributed by atoms with Gasteiger partial charge in [0, 0.05) is 6.42 Å². The van der Waals surface area contributed by atoms with E-state index in [4.69, 9.17) is 0 Å². The monoisotopic (exact) mass is 230 g/mol. The Morgan fingerprint density at radius 2 is 1.60 bits per heavy atom. The third kappa shape index (κ3) is 7.06. The predicted octanol–water partition coefficient (Wildman–Crippen LogP) is 4.06. The van der Waals surface area contributed by atoms with Crippen LogP contribution in [0.25, 0.3) is 0 Å². The summed E-state index contributed by atoms with van der Waals surface area (Å²) in [6, 6.07) is 0. The molecule has 0 radical (unpaired) electrons. The summed E-state index contributed by atoms with van der Waals surface area (Å²) in [6.45, 7) is 5.70. The first-order chi connectivity index (χ1) is 7.22. The van der Waals surface area contributed by atoms with E-state index in [1.165, 1.54) is 31.8 Å². The maximum Gasteiger partial charge on any atom is 0.129 e. The van der Waals surface area contributed by atoms with Gasteiger partial charge in [-0.3, -0.25) is 0 Å².